The molecule has 1 aliphatic heterocycles. The number of benzene rings is 2. The van der Waals surface area contributed by atoms with E-state index in [-0.39, 0.29) is 42.9 Å². The Bertz CT molecular complexity index is 1210. The van der Waals surface area contributed by atoms with E-state index in [1.54, 1.807) is 48.5 Å². The fourth-order valence-corrected chi connectivity index (χ4v) is 3.38. The van der Waals surface area contributed by atoms with Crippen molar-refractivity contribution < 1.29 is 19.2 Å². The molecule has 168 valence electrons. The van der Waals surface area contributed by atoms with Crippen molar-refractivity contribution in [3.05, 3.63) is 65.3 Å². The van der Waals surface area contributed by atoms with Gasteiger partial charge in [-0.05, 0) is 42.5 Å². The van der Waals surface area contributed by atoms with Gasteiger partial charge < -0.3 is 16.0 Å². The van der Waals surface area contributed by atoms with E-state index in [4.69, 9.17) is 11.6 Å². The van der Waals surface area contributed by atoms with Crippen LogP contribution in [0, 0.1) is 0 Å². The van der Waals surface area contributed by atoms with Crippen molar-refractivity contribution in [1.29, 1.82) is 0 Å². The summed E-state index contributed by atoms with van der Waals surface area (Å²) in [6.07, 6.45) is -0.0214. The lowest BCUT2D eigenvalue weighted by molar-refractivity contribution is -0.125. The number of halogens is 1. The van der Waals surface area contributed by atoms with Gasteiger partial charge in [0.25, 0.3) is 5.91 Å². The fourth-order valence-electron chi connectivity index (χ4n) is 3.19. The predicted octanol–water partition coefficient (Wildman–Crippen LogP) is 2.86. The molecule has 0 saturated carbocycles. The van der Waals surface area contributed by atoms with Gasteiger partial charge in [0.1, 0.15) is 5.69 Å². The number of aromatic amines is 1. The number of nitrogens with zero attached hydrogens (tertiary/aromatic N) is 2. The predicted molar refractivity (Wildman–Crippen MR) is 122 cm³/mol. The molecule has 4 N–H and O–H groups in total. The third kappa shape index (κ3) is 5.36. The van der Waals surface area contributed by atoms with E-state index >= 15 is 0 Å². The van der Waals surface area contributed by atoms with Crippen LogP contribution in [0.3, 0.4) is 0 Å². The maximum absolute atomic E-state index is 12.5. The van der Waals surface area contributed by atoms with Gasteiger partial charge in [-0.25, -0.2) is 4.79 Å². The summed E-state index contributed by atoms with van der Waals surface area (Å²) < 4.78 is 0. The minimum absolute atomic E-state index is 0.00595. The highest BCUT2D eigenvalue weighted by molar-refractivity contribution is 6.30. The van der Waals surface area contributed by atoms with E-state index in [0.717, 1.165) is 10.5 Å². The number of amides is 5. The van der Waals surface area contributed by atoms with Crippen LogP contribution >= 0.6 is 11.6 Å². The minimum atomic E-state index is -0.496. The summed E-state index contributed by atoms with van der Waals surface area (Å²) in [7, 11) is 0. The number of nitrogens with one attached hydrogen (secondary N) is 4. The summed E-state index contributed by atoms with van der Waals surface area (Å²) in [5, 5.41) is 15.3. The van der Waals surface area contributed by atoms with Crippen molar-refractivity contribution in [3.8, 4) is 11.3 Å². The topological polar surface area (TPSA) is 136 Å². The van der Waals surface area contributed by atoms with Crippen molar-refractivity contribution in [1.82, 2.24) is 20.4 Å². The summed E-state index contributed by atoms with van der Waals surface area (Å²) in [6, 6.07) is 14.8. The molecule has 4 rings (SSSR count). The monoisotopic (exact) mass is 466 g/mol. The first kappa shape index (κ1) is 22.0. The van der Waals surface area contributed by atoms with Gasteiger partial charge >= 0.3 is 6.03 Å². The molecule has 1 saturated heterocycles. The number of H-pyrrole nitrogens is 1. The average Bonchev–Trinajstić information content (AvgIpc) is 3.41. The molecule has 2 aromatic carbocycles. The van der Waals surface area contributed by atoms with Gasteiger partial charge in [0.05, 0.1) is 12.2 Å². The van der Waals surface area contributed by atoms with Gasteiger partial charge in [-0.1, -0.05) is 23.7 Å². The molecule has 3 aromatic rings. The van der Waals surface area contributed by atoms with Crippen LogP contribution in [0.1, 0.15) is 16.9 Å². The van der Waals surface area contributed by atoms with Crippen LogP contribution in [0.15, 0.2) is 54.6 Å². The Hall–Kier alpha value is -4.18. The minimum Gasteiger partial charge on any atom is -0.329 e. The molecule has 33 heavy (non-hydrogen) atoms. The van der Waals surface area contributed by atoms with Crippen molar-refractivity contribution in [2.24, 2.45) is 0 Å². The number of carbonyl (C=O) groups excluding carboxylic acids is 4. The van der Waals surface area contributed by atoms with Crippen molar-refractivity contribution in [2.45, 2.75) is 6.42 Å². The number of rotatable bonds is 7. The number of imide groups is 1. The third-order valence-electron chi connectivity index (χ3n) is 4.87. The second kappa shape index (κ2) is 9.53. The maximum atomic E-state index is 12.5. The van der Waals surface area contributed by atoms with E-state index in [1.165, 1.54) is 0 Å². The molecule has 10 nitrogen and oxygen atoms in total. The van der Waals surface area contributed by atoms with Gasteiger partial charge in [-0.2, -0.15) is 5.10 Å². The summed E-state index contributed by atoms with van der Waals surface area (Å²) in [4.78, 5) is 48.6. The second-order valence-electron chi connectivity index (χ2n) is 7.21. The van der Waals surface area contributed by atoms with Gasteiger partial charge in [0.2, 0.25) is 11.8 Å². The standard InChI is InChI=1S/C22H19ClN6O4/c23-14-3-1-2-13(10-14)17-11-18(28-27-17)21(32)26-16-6-4-15(5-7-16)25-19(30)8-9-29-20(31)12-24-22(29)33/h1-7,10-11H,8-9,12H2,(H,24,33)(H,25,30)(H,26,32)(H,27,28). The summed E-state index contributed by atoms with van der Waals surface area (Å²) in [6.45, 7) is -0.0416. The van der Waals surface area contributed by atoms with Gasteiger partial charge in [0, 0.05) is 34.9 Å². The van der Waals surface area contributed by atoms with E-state index in [0.29, 0.717) is 22.1 Å². The van der Waals surface area contributed by atoms with E-state index in [9.17, 15) is 19.2 Å². The quantitative estimate of drug-likeness (QED) is 0.397. The van der Waals surface area contributed by atoms with Crippen LogP contribution in [0.5, 0.6) is 0 Å². The van der Waals surface area contributed by atoms with E-state index in [2.05, 4.69) is 26.1 Å². The van der Waals surface area contributed by atoms with Gasteiger partial charge in [-0.3, -0.25) is 24.4 Å². The second-order valence-corrected chi connectivity index (χ2v) is 7.65. The summed E-state index contributed by atoms with van der Waals surface area (Å²) in [5.41, 5.74) is 2.69. The van der Waals surface area contributed by atoms with E-state index < -0.39 is 6.03 Å². The zero-order chi connectivity index (χ0) is 23.4. The first-order chi connectivity index (χ1) is 15.9. The first-order valence-electron chi connectivity index (χ1n) is 10.00. The molecule has 11 heteroatoms. The lowest BCUT2D eigenvalue weighted by Crippen LogP contribution is -2.33. The summed E-state index contributed by atoms with van der Waals surface area (Å²) in [5.74, 6) is -1.07. The Morgan fingerprint density at radius 3 is 2.42 bits per heavy atom. The largest absolute Gasteiger partial charge is 0.329 e. The number of anilines is 2. The molecular formula is C22H19ClN6O4. The average molecular weight is 467 g/mol. The number of urea groups is 1. The molecule has 1 aromatic heterocycles. The number of aromatic nitrogens is 2. The fraction of sp³-hybridized carbons (Fsp3) is 0.136. The SMILES string of the molecule is O=C(CCN1C(=O)CNC1=O)Nc1ccc(NC(=O)c2cc(-c3cccc(Cl)c3)n[nH]2)cc1. The van der Waals surface area contributed by atoms with Crippen LogP contribution in [0.2, 0.25) is 5.02 Å². The van der Waals surface area contributed by atoms with Crippen LogP contribution in [-0.2, 0) is 9.59 Å². The van der Waals surface area contributed by atoms with Crippen LogP contribution < -0.4 is 16.0 Å². The highest BCUT2D eigenvalue weighted by Crippen LogP contribution is 2.22. The van der Waals surface area contributed by atoms with Gasteiger partial charge in [-0.15, -0.1) is 0 Å². The smallest absolute Gasteiger partial charge is 0.324 e. The Morgan fingerprint density at radius 1 is 1.03 bits per heavy atom. The molecule has 0 spiro atoms. The Kier molecular flexibility index (Phi) is 6.36. The molecule has 0 aliphatic carbocycles. The zero-order valence-corrected chi connectivity index (χ0v) is 18.0. The van der Waals surface area contributed by atoms with Crippen molar-refractivity contribution in [3.63, 3.8) is 0 Å². The first-order valence-corrected chi connectivity index (χ1v) is 10.4. The van der Waals surface area contributed by atoms with Crippen LogP contribution in [-0.4, -0.2) is 51.9 Å². The number of carbonyl (C=O) groups is 4. The molecule has 0 radical (unpaired) electrons. The van der Waals surface area contributed by atoms with Crippen molar-refractivity contribution in [2.75, 3.05) is 23.7 Å². The number of hydrogen-bond acceptors (Lipinski definition) is 5. The molecular weight excluding hydrogens is 448 g/mol. The number of hydrogen-bond donors (Lipinski definition) is 4. The molecule has 0 bridgehead atoms. The Balaban J connectivity index is 1.30. The van der Waals surface area contributed by atoms with Crippen LogP contribution in [0.4, 0.5) is 16.2 Å². The lowest BCUT2D eigenvalue weighted by Gasteiger charge is -2.12. The van der Waals surface area contributed by atoms with Crippen molar-refractivity contribution >= 4 is 46.7 Å². The maximum Gasteiger partial charge on any atom is 0.324 e. The van der Waals surface area contributed by atoms with Crippen LogP contribution in [0.25, 0.3) is 11.3 Å². The third-order valence-corrected chi connectivity index (χ3v) is 5.10. The molecule has 0 atom stereocenters. The Labute approximate surface area is 193 Å². The highest BCUT2D eigenvalue weighted by atomic mass is 35.5. The van der Waals surface area contributed by atoms with E-state index in [1.807, 2.05) is 6.07 Å². The molecule has 2 heterocycles. The molecule has 0 unspecified atom stereocenters. The normalized spacial score (nSPS) is 13.1. The highest BCUT2D eigenvalue weighted by Gasteiger charge is 2.28. The Morgan fingerprint density at radius 2 is 1.76 bits per heavy atom. The molecule has 5 amide bonds. The summed E-state index contributed by atoms with van der Waals surface area (Å²) >= 11 is 6.00. The van der Waals surface area contributed by atoms with Gasteiger partial charge in [0.15, 0.2) is 0 Å². The molecule has 1 fully saturated rings. The molecule has 1 aliphatic rings. The zero-order valence-electron chi connectivity index (χ0n) is 17.2. The lowest BCUT2D eigenvalue weighted by atomic mass is 10.1.